The van der Waals surface area contributed by atoms with Gasteiger partial charge in [0.25, 0.3) is 4.84 Å². The lowest BCUT2D eigenvalue weighted by atomic mass is 10.1. The van der Waals surface area contributed by atoms with E-state index in [0.717, 1.165) is 29.0 Å². The summed E-state index contributed by atoms with van der Waals surface area (Å²) < 4.78 is 51.7. The summed E-state index contributed by atoms with van der Waals surface area (Å²) in [6, 6.07) is 20.2. The number of aryl methyl sites for hydroxylation is 1. The zero-order chi connectivity index (χ0) is 23.4. The maximum absolute atomic E-state index is 12.9. The smallest absolute Gasteiger partial charge is 0.416 e. The van der Waals surface area contributed by atoms with Crippen LogP contribution in [0.3, 0.4) is 0 Å². The number of benzene rings is 3. The van der Waals surface area contributed by atoms with Crippen LogP contribution in [0.15, 0.2) is 77.2 Å². The number of hydrogen-bond donors (Lipinski definition) is 1. The third kappa shape index (κ3) is 5.61. The number of alkyl halides is 3. The first-order valence-electron chi connectivity index (χ1n) is 10.1. The zero-order valence-corrected chi connectivity index (χ0v) is 18.4. The lowest BCUT2D eigenvalue weighted by Crippen LogP contribution is -2.11. The van der Waals surface area contributed by atoms with E-state index in [0.29, 0.717) is 23.7 Å². The summed E-state index contributed by atoms with van der Waals surface area (Å²) in [4.78, 5) is 0.0962. The molecule has 0 saturated heterocycles. The number of nitrogens with one attached hydrogen (secondary N) is 1. The SMILES string of the molecule is Cc1cccc(OCc2ccccc2-c2nn(CNc3cccc(C(F)(F)F)c3)c(=S)o2)c1. The van der Waals surface area contributed by atoms with E-state index in [1.54, 1.807) is 0 Å². The van der Waals surface area contributed by atoms with Gasteiger partial charge in [0.05, 0.1) is 5.56 Å². The van der Waals surface area contributed by atoms with Crippen LogP contribution >= 0.6 is 12.2 Å². The van der Waals surface area contributed by atoms with Crippen LogP contribution in [0, 0.1) is 11.8 Å². The van der Waals surface area contributed by atoms with Crippen LogP contribution in [0.4, 0.5) is 18.9 Å². The maximum atomic E-state index is 12.9. The summed E-state index contributed by atoms with van der Waals surface area (Å²) >= 11 is 5.25. The molecule has 0 aliphatic heterocycles. The van der Waals surface area contributed by atoms with Gasteiger partial charge in [0, 0.05) is 16.8 Å². The third-order valence-electron chi connectivity index (χ3n) is 4.86. The lowest BCUT2D eigenvalue weighted by Gasteiger charge is -2.10. The fourth-order valence-corrected chi connectivity index (χ4v) is 3.39. The van der Waals surface area contributed by atoms with Gasteiger partial charge in [0.15, 0.2) is 0 Å². The Morgan fingerprint density at radius 2 is 1.82 bits per heavy atom. The average Bonchev–Trinajstić information content (AvgIpc) is 3.16. The van der Waals surface area contributed by atoms with E-state index in [-0.39, 0.29) is 11.5 Å². The molecule has 9 heteroatoms. The molecule has 0 aliphatic carbocycles. The topological polar surface area (TPSA) is 52.2 Å². The second-order valence-corrected chi connectivity index (χ2v) is 7.70. The largest absolute Gasteiger partial charge is 0.489 e. The van der Waals surface area contributed by atoms with E-state index in [1.165, 1.54) is 16.8 Å². The summed E-state index contributed by atoms with van der Waals surface area (Å²) in [5.74, 6) is 1.05. The minimum absolute atomic E-state index is 0.0472. The minimum atomic E-state index is -4.42. The third-order valence-corrected chi connectivity index (χ3v) is 5.15. The van der Waals surface area contributed by atoms with Crippen LogP contribution in [0.1, 0.15) is 16.7 Å². The van der Waals surface area contributed by atoms with E-state index in [9.17, 15) is 13.2 Å². The van der Waals surface area contributed by atoms with Crippen LogP contribution in [0.2, 0.25) is 0 Å². The Labute approximate surface area is 193 Å². The van der Waals surface area contributed by atoms with Crippen molar-refractivity contribution >= 4 is 17.9 Å². The molecule has 0 saturated carbocycles. The molecular formula is C24H20F3N3O2S. The minimum Gasteiger partial charge on any atom is -0.489 e. The highest BCUT2D eigenvalue weighted by molar-refractivity contribution is 7.71. The van der Waals surface area contributed by atoms with Crippen molar-refractivity contribution in [2.24, 2.45) is 0 Å². The summed E-state index contributed by atoms with van der Waals surface area (Å²) in [5, 5.41) is 7.30. The van der Waals surface area contributed by atoms with Gasteiger partial charge in [-0.15, -0.1) is 5.10 Å². The molecule has 1 aromatic heterocycles. The summed E-state index contributed by atoms with van der Waals surface area (Å²) in [6.45, 7) is 2.34. The fraction of sp³-hybridized carbons (Fsp3) is 0.167. The van der Waals surface area contributed by atoms with Crippen LogP contribution in [0.25, 0.3) is 11.5 Å². The lowest BCUT2D eigenvalue weighted by molar-refractivity contribution is -0.137. The first-order valence-corrected chi connectivity index (χ1v) is 10.5. The summed E-state index contributed by atoms with van der Waals surface area (Å²) in [7, 11) is 0. The van der Waals surface area contributed by atoms with Crippen LogP contribution < -0.4 is 10.1 Å². The van der Waals surface area contributed by atoms with Crippen molar-refractivity contribution in [1.82, 2.24) is 9.78 Å². The van der Waals surface area contributed by atoms with Crippen molar-refractivity contribution in [3.8, 4) is 17.2 Å². The quantitative estimate of drug-likeness (QED) is 0.299. The van der Waals surface area contributed by atoms with E-state index in [2.05, 4.69) is 10.4 Å². The molecule has 0 atom stereocenters. The van der Waals surface area contributed by atoms with Gasteiger partial charge in [-0.2, -0.15) is 13.2 Å². The second-order valence-electron chi connectivity index (χ2n) is 7.35. The molecule has 1 heterocycles. The molecule has 4 aromatic rings. The first kappa shape index (κ1) is 22.6. The van der Waals surface area contributed by atoms with Gasteiger partial charge in [-0.3, -0.25) is 0 Å². The average molecular weight is 472 g/mol. The number of rotatable bonds is 7. The van der Waals surface area contributed by atoms with Crippen molar-refractivity contribution in [3.05, 3.63) is 94.3 Å². The van der Waals surface area contributed by atoms with Crippen molar-refractivity contribution in [1.29, 1.82) is 0 Å². The highest BCUT2D eigenvalue weighted by Gasteiger charge is 2.30. The van der Waals surface area contributed by atoms with Crippen LogP contribution in [-0.4, -0.2) is 9.78 Å². The first-order chi connectivity index (χ1) is 15.8. The normalized spacial score (nSPS) is 11.4. The molecule has 0 spiro atoms. The highest BCUT2D eigenvalue weighted by Crippen LogP contribution is 2.31. The van der Waals surface area contributed by atoms with Crippen molar-refractivity contribution in [2.45, 2.75) is 26.4 Å². The Morgan fingerprint density at radius 3 is 2.61 bits per heavy atom. The molecule has 170 valence electrons. The number of halogens is 3. The number of hydrogen-bond acceptors (Lipinski definition) is 5. The van der Waals surface area contributed by atoms with E-state index in [1.807, 2.05) is 55.5 Å². The van der Waals surface area contributed by atoms with Gasteiger partial charge in [0.2, 0.25) is 5.89 Å². The van der Waals surface area contributed by atoms with Crippen molar-refractivity contribution in [3.63, 3.8) is 0 Å². The molecule has 0 bridgehead atoms. The number of nitrogens with zero attached hydrogens (tertiary/aromatic N) is 2. The standard InChI is InChI=1S/C24H20F3N3O2S/c1-16-6-4-10-20(12-16)31-14-17-7-2-3-11-21(17)22-29-30(23(33)32-22)15-28-19-9-5-8-18(13-19)24(25,26)27/h2-13,28H,14-15H2,1H3. The predicted octanol–water partition coefficient (Wildman–Crippen LogP) is 6.85. The molecule has 0 fully saturated rings. The van der Waals surface area contributed by atoms with Gasteiger partial charge >= 0.3 is 6.18 Å². The van der Waals surface area contributed by atoms with Gasteiger partial charge in [-0.1, -0.05) is 36.4 Å². The van der Waals surface area contributed by atoms with Crippen molar-refractivity contribution in [2.75, 3.05) is 5.32 Å². The molecule has 0 unspecified atom stereocenters. The monoisotopic (exact) mass is 471 g/mol. The number of aromatic nitrogens is 2. The van der Waals surface area contributed by atoms with Gasteiger partial charge in [-0.05, 0) is 61.1 Å². The highest BCUT2D eigenvalue weighted by atomic mass is 32.1. The Hall–Kier alpha value is -3.59. The Bertz CT molecular complexity index is 1310. The molecule has 3 aromatic carbocycles. The van der Waals surface area contributed by atoms with Gasteiger partial charge in [-0.25, -0.2) is 4.68 Å². The van der Waals surface area contributed by atoms with E-state index in [4.69, 9.17) is 21.4 Å². The Kier molecular flexibility index (Phi) is 6.50. The van der Waals surface area contributed by atoms with Crippen LogP contribution in [0.5, 0.6) is 5.75 Å². The molecule has 5 nitrogen and oxygen atoms in total. The summed E-state index contributed by atoms with van der Waals surface area (Å²) in [5.41, 5.74) is 2.23. The molecule has 0 amide bonds. The number of ether oxygens (including phenoxy) is 1. The predicted molar refractivity (Wildman–Crippen MR) is 121 cm³/mol. The second kappa shape index (κ2) is 9.50. The molecule has 0 radical (unpaired) electrons. The molecule has 0 aliphatic rings. The number of anilines is 1. The van der Waals surface area contributed by atoms with Crippen LogP contribution in [-0.2, 0) is 19.5 Å². The Balaban J connectivity index is 1.50. The molecule has 4 rings (SSSR count). The van der Waals surface area contributed by atoms with Gasteiger partial charge in [0.1, 0.15) is 19.0 Å². The Morgan fingerprint density at radius 1 is 1.03 bits per heavy atom. The molecule has 33 heavy (non-hydrogen) atoms. The zero-order valence-electron chi connectivity index (χ0n) is 17.6. The van der Waals surface area contributed by atoms with Crippen molar-refractivity contribution < 1.29 is 22.3 Å². The van der Waals surface area contributed by atoms with E-state index < -0.39 is 11.7 Å². The molecule has 1 N–H and O–H groups in total. The van der Waals surface area contributed by atoms with E-state index >= 15 is 0 Å². The summed E-state index contributed by atoms with van der Waals surface area (Å²) in [6.07, 6.45) is -4.42. The van der Waals surface area contributed by atoms with Gasteiger partial charge < -0.3 is 14.5 Å². The molecular weight excluding hydrogens is 451 g/mol. The maximum Gasteiger partial charge on any atom is 0.416 e. The fourth-order valence-electron chi connectivity index (χ4n) is 3.21.